The van der Waals surface area contributed by atoms with Gasteiger partial charge in [-0.15, -0.1) is 0 Å². The van der Waals surface area contributed by atoms with Crippen LogP contribution in [0, 0.1) is 28.6 Å². The summed E-state index contributed by atoms with van der Waals surface area (Å²) < 4.78 is 5.59. The average Bonchev–Trinajstić information content (AvgIpc) is 3.05. The van der Waals surface area contributed by atoms with E-state index >= 15 is 0 Å². The van der Waals surface area contributed by atoms with Crippen molar-refractivity contribution in [1.29, 1.82) is 0 Å². The minimum atomic E-state index is -0.137. The monoisotopic (exact) mass is 403 g/mol. The number of carbonyl (C=O) groups is 1. The smallest absolute Gasteiger partial charge is 0.302 e. The maximum Gasteiger partial charge on any atom is 0.302 e. The van der Waals surface area contributed by atoms with Gasteiger partial charge in [0.2, 0.25) is 0 Å². The lowest BCUT2D eigenvalue weighted by molar-refractivity contribution is -0.148. The van der Waals surface area contributed by atoms with Crippen LogP contribution in [0.3, 0.4) is 0 Å². The molecular weight excluding hydrogens is 369 g/mol. The molecule has 3 unspecified atom stereocenters. The van der Waals surface area contributed by atoms with Crippen LogP contribution in [0.1, 0.15) is 71.3 Å². The Balaban J connectivity index is 1.41. The largest absolute Gasteiger partial charge is 0.462 e. The van der Waals surface area contributed by atoms with Gasteiger partial charge in [0.15, 0.2) is 0 Å². The summed E-state index contributed by atoms with van der Waals surface area (Å²) in [6.07, 6.45) is 17.3. The van der Waals surface area contributed by atoms with Gasteiger partial charge < -0.3 is 4.74 Å². The fourth-order valence-corrected chi connectivity index (χ4v) is 7.68. The molecule has 0 spiro atoms. The van der Waals surface area contributed by atoms with E-state index in [1.54, 1.807) is 11.1 Å². The summed E-state index contributed by atoms with van der Waals surface area (Å²) in [5.41, 5.74) is 6.25. The molecule has 1 aromatic heterocycles. The van der Waals surface area contributed by atoms with Crippen LogP contribution in [-0.2, 0) is 9.53 Å². The third-order valence-electron chi connectivity index (χ3n) is 9.16. The first kappa shape index (κ1) is 20.1. The summed E-state index contributed by atoms with van der Waals surface area (Å²) in [5, 5.41) is 0. The molecule has 158 valence electrons. The Morgan fingerprint density at radius 1 is 1.10 bits per heavy atom. The van der Waals surface area contributed by atoms with Crippen LogP contribution >= 0.6 is 0 Å². The molecule has 1 aromatic rings. The number of aromatic nitrogens is 1. The fraction of sp³-hybridized carbons (Fsp3) is 0.615. The molecule has 4 aliphatic rings. The van der Waals surface area contributed by atoms with Gasteiger partial charge in [0.05, 0.1) is 0 Å². The molecule has 0 saturated heterocycles. The zero-order valence-corrected chi connectivity index (χ0v) is 18.9. The molecule has 1 heterocycles. The summed E-state index contributed by atoms with van der Waals surface area (Å²) in [4.78, 5) is 15.9. The van der Waals surface area contributed by atoms with E-state index in [0.717, 1.165) is 37.0 Å². The lowest BCUT2D eigenvalue weighted by atomic mass is 9.47. The summed E-state index contributed by atoms with van der Waals surface area (Å²) in [6, 6.07) is 2.31. The Morgan fingerprint density at radius 2 is 1.90 bits per heavy atom. The van der Waals surface area contributed by atoms with Crippen molar-refractivity contribution in [3.05, 3.63) is 41.7 Å². The van der Waals surface area contributed by atoms with E-state index in [2.05, 4.69) is 51.1 Å². The second-order valence-electron chi connectivity index (χ2n) is 10.8. The Bertz CT molecular complexity index is 937. The molecule has 4 heteroatoms. The van der Waals surface area contributed by atoms with Crippen LogP contribution in [0.25, 0.3) is 5.57 Å². The van der Waals surface area contributed by atoms with Crippen molar-refractivity contribution in [3.8, 4) is 0 Å². The second-order valence-corrected chi connectivity index (χ2v) is 10.8. The van der Waals surface area contributed by atoms with Crippen molar-refractivity contribution < 1.29 is 9.53 Å². The number of allylic oxidation sites excluding steroid dienone is 3. The van der Waals surface area contributed by atoms with E-state index in [1.165, 1.54) is 43.6 Å². The van der Waals surface area contributed by atoms with E-state index < -0.39 is 0 Å². The normalized spacial score (nSPS) is 39.8. The van der Waals surface area contributed by atoms with Crippen LogP contribution in [-0.4, -0.2) is 24.9 Å². The van der Waals surface area contributed by atoms with E-state index in [4.69, 9.17) is 4.74 Å². The summed E-state index contributed by atoms with van der Waals surface area (Å²) in [6.45, 7) is 6.57. The molecule has 0 radical (unpaired) electrons. The van der Waals surface area contributed by atoms with Crippen LogP contribution in [0.5, 0.6) is 0 Å². The van der Waals surface area contributed by atoms with Crippen molar-refractivity contribution in [3.63, 3.8) is 0 Å². The molecule has 4 aliphatic carbocycles. The standard InChI is InChI=1S/C26H34BNO2/c1-16(29)30-20-8-10-25(2)18(13-20)4-5-21-23-7-6-22(17-12-19(27)15-28-14-17)26(23,3)11-9-24(21)25/h4,6,12,14-15,20-21,23-24H,5,7-11,13,27H2,1-3H3/t20-,21?,23?,24?,25-,26+/m0/s1. The first-order valence-corrected chi connectivity index (χ1v) is 11.8. The zero-order valence-electron chi connectivity index (χ0n) is 18.9. The number of carbonyl (C=O) groups excluding carboxylic acids is 1. The van der Waals surface area contributed by atoms with E-state index in [0.29, 0.717) is 0 Å². The number of hydrogen-bond donors (Lipinski definition) is 0. The van der Waals surface area contributed by atoms with Crippen LogP contribution < -0.4 is 5.46 Å². The molecule has 0 N–H and O–H groups in total. The number of pyridine rings is 1. The van der Waals surface area contributed by atoms with Crippen molar-refractivity contribution in [2.75, 3.05) is 0 Å². The van der Waals surface area contributed by atoms with Gasteiger partial charge in [0.25, 0.3) is 0 Å². The highest BCUT2D eigenvalue weighted by Crippen LogP contribution is 2.66. The van der Waals surface area contributed by atoms with Gasteiger partial charge in [-0.3, -0.25) is 9.78 Å². The maximum atomic E-state index is 11.5. The highest BCUT2D eigenvalue weighted by Gasteiger charge is 2.57. The highest BCUT2D eigenvalue weighted by molar-refractivity contribution is 6.32. The predicted octanol–water partition coefficient (Wildman–Crippen LogP) is 4.23. The Kier molecular flexibility index (Phi) is 4.76. The number of fused-ring (bicyclic) bond motifs is 5. The Morgan fingerprint density at radius 3 is 2.67 bits per heavy atom. The predicted molar refractivity (Wildman–Crippen MR) is 123 cm³/mol. The fourth-order valence-electron chi connectivity index (χ4n) is 7.68. The zero-order chi connectivity index (χ0) is 21.1. The number of ether oxygens (including phenoxy) is 1. The number of rotatable bonds is 2. The van der Waals surface area contributed by atoms with E-state index in [-0.39, 0.29) is 22.9 Å². The van der Waals surface area contributed by atoms with Crippen molar-refractivity contribution in [1.82, 2.24) is 4.98 Å². The third-order valence-corrected chi connectivity index (χ3v) is 9.16. The second kappa shape index (κ2) is 7.10. The van der Waals surface area contributed by atoms with Crippen LogP contribution in [0.2, 0.25) is 0 Å². The highest BCUT2D eigenvalue weighted by atomic mass is 16.5. The van der Waals surface area contributed by atoms with Crippen LogP contribution in [0.4, 0.5) is 0 Å². The summed E-state index contributed by atoms with van der Waals surface area (Å²) >= 11 is 0. The molecule has 2 saturated carbocycles. The minimum Gasteiger partial charge on any atom is -0.462 e. The first-order chi connectivity index (χ1) is 14.3. The third kappa shape index (κ3) is 3.01. The lowest BCUT2D eigenvalue weighted by Gasteiger charge is -2.57. The van der Waals surface area contributed by atoms with Gasteiger partial charge in [-0.2, -0.15) is 0 Å². The lowest BCUT2D eigenvalue weighted by Crippen LogP contribution is -2.50. The van der Waals surface area contributed by atoms with Crippen molar-refractivity contribution in [2.45, 2.75) is 71.8 Å². The summed E-state index contributed by atoms with van der Waals surface area (Å²) in [7, 11) is 2.14. The van der Waals surface area contributed by atoms with Crippen molar-refractivity contribution >= 4 is 24.9 Å². The minimum absolute atomic E-state index is 0.0841. The van der Waals surface area contributed by atoms with Gasteiger partial charge in [0.1, 0.15) is 14.0 Å². The molecule has 0 aromatic carbocycles. The Hall–Kier alpha value is -1.84. The van der Waals surface area contributed by atoms with Crippen LogP contribution in [0.15, 0.2) is 36.2 Å². The van der Waals surface area contributed by atoms with Gasteiger partial charge in [-0.25, -0.2) is 0 Å². The molecule has 3 nitrogen and oxygen atoms in total. The van der Waals surface area contributed by atoms with Gasteiger partial charge in [0, 0.05) is 25.7 Å². The molecule has 0 bridgehead atoms. The quantitative estimate of drug-likeness (QED) is 0.422. The molecule has 6 atom stereocenters. The van der Waals surface area contributed by atoms with Gasteiger partial charge in [-0.05, 0) is 78.2 Å². The Labute approximate surface area is 181 Å². The molecule has 0 amide bonds. The van der Waals surface area contributed by atoms with Gasteiger partial charge in [-0.1, -0.05) is 43.1 Å². The molecular formula is C26H34BNO2. The average molecular weight is 403 g/mol. The number of nitrogens with zero attached hydrogens (tertiary/aromatic N) is 1. The SMILES string of the molecule is Bc1cncc(C2=CCC3C4CC=C5C[C@@H](OC(C)=O)CC[C@]5(C)C4CC[C@]23C)c1. The summed E-state index contributed by atoms with van der Waals surface area (Å²) in [5.74, 6) is 2.11. The van der Waals surface area contributed by atoms with Crippen molar-refractivity contribution in [2.24, 2.45) is 28.6 Å². The molecule has 2 fully saturated rings. The molecule has 0 aliphatic heterocycles. The maximum absolute atomic E-state index is 11.5. The molecule has 5 rings (SSSR count). The van der Waals surface area contributed by atoms with E-state index in [1.807, 2.05) is 6.20 Å². The van der Waals surface area contributed by atoms with Gasteiger partial charge >= 0.3 is 5.97 Å². The van der Waals surface area contributed by atoms with E-state index in [9.17, 15) is 4.79 Å². The molecule has 30 heavy (non-hydrogen) atoms. The number of esters is 1. The number of hydrogen-bond acceptors (Lipinski definition) is 3. The topological polar surface area (TPSA) is 39.2 Å². The first-order valence-electron chi connectivity index (χ1n) is 11.8.